The first-order valence-electron chi connectivity index (χ1n) is 20.7. The molecule has 2 aliphatic carbocycles. The van der Waals surface area contributed by atoms with Crippen LogP contribution >= 0.6 is 0 Å². The zero-order valence-corrected chi connectivity index (χ0v) is 33.7. The van der Waals surface area contributed by atoms with Gasteiger partial charge < -0.3 is 67.4 Å². The Bertz CT molecular complexity index is 1490. The minimum Gasteiger partial charge on any atom is -0.466 e. The van der Waals surface area contributed by atoms with Crippen LogP contribution < -0.4 is 0 Å². The van der Waals surface area contributed by atoms with Crippen molar-refractivity contribution in [2.75, 3.05) is 20.8 Å². The van der Waals surface area contributed by atoms with Crippen LogP contribution in [0.25, 0.3) is 0 Å². The number of allylic oxidation sites excluding steroid dienone is 1. The molecular weight excluding hydrogens is 732 g/mol. The standard InChI is InChI=1S/C41H62O15/c1-20-35(43)29(46-6)16-34(50-20)55-36-21(2)51-32(15-28(36)42)56-37-22(3)52-33(17-30(37)47-7)53-25-12-13-39(4)23(14-25)8-10-26-27(39)11-9-24-18-48-40(5)41(24,45)31(19-49-40)54-38(26)44/h8,18,20-22,25-37,42-43,45H,9-17,19H2,1-7H3. The fraction of sp³-hybridized carbons (Fsp3) is 0.878. The van der Waals surface area contributed by atoms with E-state index in [0.717, 1.165) is 31.3 Å². The Kier molecular flexibility index (Phi) is 11.5. The lowest BCUT2D eigenvalue weighted by molar-refractivity contribution is -0.337. The van der Waals surface area contributed by atoms with Crippen molar-refractivity contribution in [3.63, 3.8) is 0 Å². The number of aliphatic hydroxyl groups excluding tert-OH is 2. The van der Waals surface area contributed by atoms with E-state index >= 15 is 0 Å². The van der Waals surface area contributed by atoms with Gasteiger partial charge in [-0.1, -0.05) is 18.6 Å². The van der Waals surface area contributed by atoms with Crippen LogP contribution in [0.1, 0.15) is 92.4 Å². The number of carbonyl (C=O) groups is 1. The van der Waals surface area contributed by atoms with E-state index in [2.05, 4.69) is 13.0 Å². The molecule has 0 radical (unpaired) electrons. The number of fused-ring (bicyclic) bond motifs is 3. The Hall–Kier alpha value is -1.73. The molecule has 3 N–H and O–H groups in total. The summed E-state index contributed by atoms with van der Waals surface area (Å²) in [5.74, 6) is -1.80. The molecule has 6 fully saturated rings. The number of hydrogen-bond donors (Lipinski definition) is 3. The highest BCUT2D eigenvalue weighted by molar-refractivity contribution is 5.74. The molecule has 0 aromatic rings. The van der Waals surface area contributed by atoms with Crippen LogP contribution in [0.5, 0.6) is 0 Å². The molecule has 316 valence electrons. The number of esters is 1. The molecule has 0 amide bonds. The molecule has 19 atom stereocenters. The lowest BCUT2D eigenvalue weighted by atomic mass is 9.55. The highest BCUT2D eigenvalue weighted by Crippen LogP contribution is 2.58. The summed E-state index contributed by atoms with van der Waals surface area (Å²) in [4.78, 5) is 13.7. The van der Waals surface area contributed by atoms with Crippen LogP contribution in [0.15, 0.2) is 23.5 Å². The summed E-state index contributed by atoms with van der Waals surface area (Å²) in [6.45, 7) is 9.60. The Morgan fingerprint density at radius 3 is 2.21 bits per heavy atom. The van der Waals surface area contributed by atoms with E-state index in [1.165, 1.54) is 5.57 Å². The zero-order valence-electron chi connectivity index (χ0n) is 33.7. The van der Waals surface area contributed by atoms with Crippen LogP contribution in [0.4, 0.5) is 0 Å². The molecule has 5 saturated heterocycles. The number of aliphatic hydroxyl groups is 3. The Balaban J connectivity index is 0.857. The van der Waals surface area contributed by atoms with E-state index in [1.54, 1.807) is 34.3 Å². The van der Waals surface area contributed by atoms with Gasteiger partial charge in [-0.05, 0) is 70.6 Å². The van der Waals surface area contributed by atoms with Gasteiger partial charge in [0.2, 0.25) is 5.79 Å². The summed E-state index contributed by atoms with van der Waals surface area (Å²) in [5, 5.41) is 33.3. The van der Waals surface area contributed by atoms with Crippen molar-refractivity contribution in [2.45, 2.75) is 190 Å². The van der Waals surface area contributed by atoms with Gasteiger partial charge in [0.15, 0.2) is 30.6 Å². The highest BCUT2D eigenvalue weighted by Gasteiger charge is 2.68. The molecule has 0 spiro atoms. The van der Waals surface area contributed by atoms with E-state index < -0.39 is 79.1 Å². The summed E-state index contributed by atoms with van der Waals surface area (Å²) in [6.07, 6.45) is 1.42. The summed E-state index contributed by atoms with van der Waals surface area (Å²) >= 11 is 0. The van der Waals surface area contributed by atoms with Gasteiger partial charge in [0.1, 0.15) is 18.3 Å². The molecule has 56 heavy (non-hydrogen) atoms. The molecule has 0 aromatic heterocycles. The predicted octanol–water partition coefficient (Wildman–Crippen LogP) is 3.15. The molecule has 6 aliphatic heterocycles. The smallest absolute Gasteiger partial charge is 0.310 e. The number of carbonyl (C=O) groups excluding carboxylic acids is 1. The van der Waals surface area contributed by atoms with E-state index in [4.69, 9.17) is 52.1 Å². The zero-order chi connectivity index (χ0) is 39.7. The van der Waals surface area contributed by atoms with Gasteiger partial charge in [0.05, 0.1) is 61.5 Å². The van der Waals surface area contributed by atoms with Crippen LogP contribution in [0.2, 0.25) is 0 Å². The maximum Gasteiger partial charge on any atom is 0.310 e. The van der Waals surface area contributed by atoms with Gasteiger partial charge in [0.25, 0.3) is 0 Å². The molecule has 0 aromatic carbocycles. The topological polar surface area (TPSA) is 179 Å². The van der Waals surface area contributed by atoms with E-state index in [1.807, 2.05) is 13.8 Å². The molecular formula is C41H62O15. The van der Waals surface area contributed by atoms with E-state index in [0.29, 0.717) is 25.7 Å². The van der Waals surface area contributed by atoms with E-state index in [9.17, 15) is 20.1 Å². The largest absolute Gasteiger partial charge is 0.466 e. The molecule has 8 aliphatic rings. The first-order chi connectivity index (χ1) is 26.7. The Morgan fingerprint density at radius 2 is 1.48 bits per heavy atom. The third kappa shape index (κ3) is 7.08. The molecule has 15 heteroatoms. The minimum atomic E-state index is -1.49. The maximum absolute atomic E-state index is 13.7. The molecule has 6 heterocycles. The molecule has 1 saturated carbocycles. The third-order valence-corrected chi connectivity index (χ3v) is 14.4. The first kappa shape index (κ1) is 41.0. The normalized spacial score (nSPS) is 51.9. The van der Waals surface area contributed by atoms with Gasteiger partial charge in [-0.25, -0.2) is 0 Å². The van der Waals surface area contributed by atoms with Gasteiger partial charge in [0, 0.05) is 46.0 Å². The lowest BCUT2D eigenvalue weighted by Crippen LogP contribution is -2.56. The average molecular weight is 795 g/mol. The minimum absolute atomic E-state index is 0.0418. The van der Waals surface area contributed by atoms with Gasteiger partial charge in [-0.2, -0.15) is 0 Å². The second kappa shape index (κ2) is 15.7. The van der Waals surface area contributed by atoms with Crippen molar-refractivity contribution >= 4 is 5.97 Å². The van der Waals surface area contributed by atoms with Crippen molar-refractivity contribution in [3.8, 4) is 0 Å². The van der Waals surface area contributed by atoms with Crippen LogP contribution in [-0.2, 0) is 56.9 Å². The number of methoxy groups -OCH3 is 2. The quantitative estimate of drug-likeness (QED) is 0.241. The van der Waals surface area contributed by atoms with Crippen molar-refractivity contribution in [1.29, 1.82) is 0 Å². The van der Waals surface area contributed by atoms with Gasteiger partial charge >= 0.3 is 5.97 Å². The van der Waals surface area contributed by atoms with E-state index in [-0.39, 0.29) is 54.6 Å². The van der Waals surface area contributed by atoms with Crippen molar-refractivity contribution in [2.24, 2.45) is 17.3 Å². The van der Waals surface area contributed by atoms with Crippen molar-refractivity contribution < 1.29 is 72.2 Å². The fourth-order valence-electron chi connectivity index (χ4n) is 11.0. The summed E-state index contributed by atoms with van der Waals surface area (Å²) in [6, 6.07) is 0. The van der Waals surface area contributed by atoms with Crippen LogP contribution in [0, 0.1) is 17.3 Å². The Morgan fingerprint density at radius 1 is 0.821 bits per heavy atom. The Labute approximate surface area is 329 Å². The first-order valence-corrected chi connectivity index (χ1v) is 20.7. The summed E-state index contributed by atoms with van der Waals surface area (Å²) in [5.41, 5.74) is 0.310. The second-order valence-corrected chi connectivity index (χ2v) is 17.7. The third-order valence-electron chi connectivity index (χ3n) is 14.4. The lowest BCUT2D eigenvalue weighted by Gasteiger charge is -2.50. The number of rotatable bonds is 8. The SMILES string of the molecule is COC1CC(OC2C(O)CC(OC3C(C)OC(OC4CCC5(C)C(=CCC6C(=O)OC7COC8(C)OC=C(CCC65)C78O)C4)CC3OC)OC2C)OC(C)C1O. The molecule has 8 rings (SSSR count). The summed E-state index contributed by atoms with van der Waals surface area (Å²) < 4.78 is 66.8. The average Bonchev–Trinajstić information content (AvgIpc) is 3.57. The predicted molar refractivity (Wildman–Crippen MR) is 194 cm³/mol. The molecule has 0 bridgehead atoms. The number of hydrogen-bond acceptors (Lipinski definition) is 15. The maximum atomic E-state index is 13.7. The van der Waals surface area contributed by atoms with Crippen LogP contribution in [-0.4, -0.2) is 140 Å². The van der Waals surface area contributed by atoms with Crippen molar-refractivity contribution in [1.82, 2.24) is 0 Å². The molecule has 15 nitrogen and oxygen atoms in total. The van der Waals surface area contributed by atoms with Gasteiger partial charge in [-0.3, -0.25) is 4.79 Å². The second-order valence-electron chi connectivity index (χ2n) is 17.7. The summed E-state index contributed by atoms with van der Waals surface area (Å²) in [7, 11) is 3.20. The highest BCUT2D eigenvalue weighted by atomic mass is 16.8. The number of ether oxygens (including phenoxy) is 11. The fourth-order valence-corrected chi connectivity index (χ4v) is 11.0. The monoisotopic (exact) mass is 794 g/mol. The van der Waals surface area contributed by atoms with Crippen molar-refractivity contribution in [3.05, 3.63) is 23.5 Å². The van der Waals surface area contributed by atoms with Crippen LogP contribution in [0.3, 0.4) is 0 Å². The molecule has 19 unspecified atom stereocenters. The van der Waals surface area contributed by atoms with Gasteiger partial charge in [-0.15, -0.1) is 0 Å².